The third kappa shape index (κ3) is 3.21. The lowest BCUT2D eigenvalue weighted by Crippen LogP contribution is -2.48. The van der Waals surface area contributed by atoms with Crippen LogP contribution in [0.25, 0.3) is 0 Å². The van der Waals surface area contributed by atoms with Crippen molar-refractivity contribution in [3.63, 3.8) is 0 Å². The number of hydrogen-bond acceptors (Lipinski definition) is 4. The Morgan fingerprint density at radius 3 is 2.57 bits per heavy atom. The molecule has 1 aliphatic heterocycles. The van der Waals surface area contributed by atoms with Crippen molar-refractivity contribution < 1.29 is 9.90 Å². The third-order valence-electron chi connectivity index (χ3n) is 4.07. The molecule has 0 saturated carbocycles. The first kappa shape index (κ1) is 15.1. The first-order chi connectivity index (χ1) is 11.0. The number of aromatic nitrogens is 1. The van der Waals surface area contributed by atoms with Crippen molar-refractivity contribution >= 4 is 11.6 Å². The lowest BCUT2D eigenvalue weighted by Gasteiger charge is -2.36. The Balaban J connectivity index is 1.69. The molecule has 0 aliphatic carbocycles. The summed E-state index contributed by atoms with van der Waals surface area (Å²) in [5.41, 5.74) is 2.07. The Morgan fingerprint density at radius 2 is 1.91 bits per heavy atom. The molecule has 1 aliphatic rings. The normalized spacial score (nSPS) is 14.8. The van der Waals surface area contributed by atoms with Crippen LogP contribution in [0.15, 0.2) is 41.3 Å². The SMILES string of the molecule is Cc1cccc(N2CCN(C(=O)c3c[nH]c(=O)cc3O)CC2)c1. The van der Waals surface area contributed by atoms with Crippen LogP contribution in [0.2, 0.25) is 0 Å². The van der Waals surface area contributed by atoms with E-state index in [1.807, 2.05) is 6.07 Å². The minimum atomic E-state index is -0.427. The number of aromatic amines is 1. The minimum absolute atomic E-state index is 0.133. The molecule has 1 amide bonds. The topological polar surface area (TPSA) is 76.6 Å². The quantitative estimate of drug-likeness (QED) is 0.877. The molecule has 0 radical (unpaired) electrons. The number of carbonyl (C=O) groups excluding carboxylic acids is 1. The molecule has 23 heavy (non-hydrogen) atoms. The minimum Gasteiger partial charge on any atom is -0.507 e. The van der Waals surface area contributed by atoms with Crippen LogP contribution in [0.4, 0.5) is 5.69 Å². The van der Waals surface area contributed by atoms with Gasteiger partial charge in [0.2, 0.25) is 0 Å². The number of aromatic hydroxyl groups is 1. The number of carbonyl (C=O) groups is 1. The number of piperazine rings is 1. The van der Waals surface area contributed by atoms with Crippen molar-refractivity contribution in [1.82, 2.24) is 9.88 Å². The van der Waals surface area contributed by atoms with E-state index >= 15 is 0 Å². The fourth-order valence-corrected chi connectivity index (χ4v) is 2.79. The van der Waals surface area contributed by atoms with Gasteiger partial charge in [0.25, 0.3) is 11.5 Å². The first-order valence-electron chi connectivity index (χ1n) is 7.57. The zero-order chi connectivity index (χ0) is 16.4. The Kier molecular flexibility index (Phi) is 4.06. The molecule has 2 aromatic rings. The van der Waals surface area contributed by atoms with Crippen LogP contribution in [0.3, 0.4) is 0 Å². The second-order valence-corrected chi connectivity index (χ2v) is 5.71. The van der Waals surface area contributed by atoms with Gasteiger partial charge in [0.15, 0.2) is 0 Å². The lowest BCUT2D eigenvalue weighted by atomic mass is 10.1. The molecule has 1 saturated heterocycles. The second kappa shape index (κ2) is 6.16. The second-order valence-electron chi connectivity index (χ2n) is 5.71. The van der Waals surface area contributed by atoms with Gasteiger partial charge >= 0.3 is 0 Å². The number of nitrogens with zero attached hydrogens (tertiary/aromatic N) is 2. The van der Waals surface area contributed by atoms with Gasteiger partial charge in [-0.05, 0) is 24.6 Å². The van der Waals surface area contributed by atoms with E-state index in [4.69, 9.17) is 0 Å². The van der Waals surface area contributed by atoms with Gasteiger partial charge in [-0.3, -0.25) is 9.59 Å². The fraction of sp³-hybridized carbons (Fsp3) is 0.294. The van der Waals surface area contributed by atoms with Crippen molar-refractivity contribution in [1.29, 1.82) is 0 Å². The summed E-state index contributed by atoms with van der Waals surface area (Å²) >= 11 is 0. The Hall–Kier alpha value is -2.76. The van der Waals surface area contributed by atoms with Crippen LogP contribution in [0, 0.1) is 6.92 Å². The van der Waals surface area contributed by atoms with Crippen molar-refractivity contribution in [3.05, 3.63) is 58.0 Å². The molecule has 120 valence electrons. The highest BCUT2D eigenvalue weighted by atomic mass is 16.3. The summed E-state index contributed by atoms with van der Waals surface area (Å²) in [6.45, 7) is 4.68. The van der Waals surface area contributed by atoms with E-state index < -0.39 is 5.56 Å². The number of nitrogens with one attached hydrogen (secondary N) is 1. The molecule has 0 spiro atoms. The van der Waals surface area contributed by atoms with Crippen LogP contribution in [0.1, 0.15) is 15.9 Å². The molecule has 1 aromatic carbocycles. The number of anilines is 1. The molecule has 6 nitrogen and oxygen atoms in total. The number of rotatable bonds is 2. The summed E-state index contributed by atoms with van der Waals surface area (Å²) in [4.78, 5) is 29.9. The van der Waals surface area contributed by atoms with Crippen molar-refractivity contribution in [3.8, 4) is 5.75 Å². The summed E-state index contributed by atoms with van der Waals surface area (Å²) in [6.07, 6.45) is 1.27. The van der Waals surface area contributed by atoms with E-state index in [0.29, 0.717) is 13.1 Å². The van der Waals surface area contributed by atoms with Gasteiger partial charge in [-0.2, -0.15) is 0 Å². The van der Waals surface area contributed by atoms with Crippen LogP contribution in [0.5, 0.6) is 5.75 Å². The maximum absolute atomic E-state index is 12.5. The first-order valence-corrected chi connectivity index (χ1v) is 7.57. The third-order valence-corrected chi connectivity index (χ3v) is 4.07. The highest BCUT2D eigenvalue weighted by molar-refractivity contribution is 5.96. The molecule has 6 heteroatoms. The zero-order valence-corrected chi connectivity index (χ0v) is 13.0. The molecule has 1 aromatic heterocycles. The Bertz CT molecular complexity index is 777. The predicted octanol–water partition coefficient (Wildman–Crippen LogP) is 1.35. The van der Waals surface area contributed by atoms with E-state index in [1.165, 1.54) is 11.8 Å². The molecule has 1 fully saturated rings. The maximum Gasteiger partial charge on any atom is 0.259 e. The highest BCUT2D eigenvalue weighted by Crippen LogP contribution is 2.20. The number of hydrogen-bond donors (Lipinski definition) is 2. The summed E-state index contributed by atoms with van der Waals surface area (Å²) < 4.78 is 0. The summed E-state index contributed by atoms with van der Waals surface area (Å²) in [7, 11) is 0. The molecule has 2 N–H and O–H groups in total. The average molecular weight is 313 g/mol. The van der Waals surface area contributed by atoms with Gasteiger partial charge in [-0.25, -0.2) is 0 Å². The van der Waals surface area contributed by atoms with Crippen LogP contribution in [-0.2, 0) is 0 Å². The molecule has 0 atom stereocenters. The summed E-state index contributed by atoms with van der Waals surface area (Å²) in [5.74, 6) is -0.539. The standard InChI is InChI=1S/C17H19N3O3/c1-12-3-2-4-13(9-12)19-5-7-20(8-6-19)17(23)14-11-18-16(22)10-15(14)21/h2-4,9-11H,5-8H2,1H3,(H2,18,21,22). The van der Waals surface area contributed by atoms with E-state index in [-0.39, 0.29) is 17.2 Å². The zero-order valence-electron chi connectivity index (χ0n) is 13.0. The molecule has 2 heterocycles. The largest absolute Gasteiger partial charge is 0.507 e. The van der Waals surface area contributed by atoms with Crippen LogP contribution < -0.4 is 10.5 Å². The van der Waals surface area contributed by atoms with Gasteiger partial charge in [0, 0.05) is 44.1 Å². The van der Waals surface area contributed by atoms with Crippen LogP contribution in [-0.4, -0.2) is 47.1 Å². The average Bonchev–Trinajstić information content (AvgIpc) is 2.54. The van der Waals surface area contributed by atoms with Crippen molar-refractivity contribution in [2.45, 2.75) is 6.92 Å². The number of amides is 1. The fourth-order valence-electron chi connectivity index (χ4n) is 2.79. The smallest absolute Gasteiger partial charge is 0.259 e. The highest BCUT2D eigenvalue weighted by Gasteiger charge is 2.24. The number of H-pyrrole nitrogens is 1. The van der Waals surface area contributed by atoms with Gasteiger partial charge in [-0.1, -0.05) is 12.1 Å². The van der Waals surface area contributed by atoms with Crippen molar-refractivity contribution in [2.75, 3.05) is 31.1 Å². The number of aryl methyl sites for hydroxylation is 1. The molecule has 0 bridgehead atoms. The van der Waals surface area contributed by atoms with E-state index in [2.05, 4.69) is 35.0 Å². The number of pyridine rings is 1. The Labute approximate surface area is 134 Å². The maximum atomic E-state index is 12.5. The van der Waals surface area contributed by atoms with Crippen LogP contribution >= 0.6 is 0 Å². The molecular weight excluding hydrogens is 294 g/mol. The predicted molar refractivity (Wildman–Crippen MR) is 88.0 cm³/mol. The molecule has 0 unspecified atom stereocenters. The van der Waals surface area contributed by atoms with E-state index in [0.717, 1.165) is 24.8 Å². The van der Waals surface area contributed by atoms with Crippen molar-refractivity contribution in [2.24, 2.45) is 0 Å². The number of benzene rings is 1. The molecular formula is C17H19N3O3. The molecule has 3 rings (SSSR count). The summed E-state index contributed by atoms with van der Waals surface area (Å²) in [6, 6.07) is 9.31. The van der Waals surface area contributed by atoms with E-state index in [1.54, 1.807) is 4.90 Å². The van der Waals surface area contributed by atoms with Gasteiger partial charge in [0.1, 0.15) is 5.75 Å². The Morgan fingerprint density at radius 1 is 1.17 bits per heavy atom. The lowest BCUT2D eigenvalue weighted by molar-refractivity contribution is 0.0743. The van der Waals surface area contributed by atoms with Gasteiger partial charge < -0.3 is 19.9 Å². The monoisotopic (exact) mass is 313 g/mol. The van der Waals surface area contributed by atoms with E-state index in [9.17, 15) is 14.7 Å². The summed E-state index contributed by atoms with van der Waals surface area (Å²) in [5, 5.41) is 9.78. The van der Waals surface area contributed by atoms with Gasteiger partial charge in [-0.15, -0.1) is 0 Å². The van der Waals surface area contributed by atoms with Gasteiger partial charge in [0.05, 0.1) is 5.56 Å².